The van der Waals surface area contributed by atoms with E-state index >= 15 is 0 Å². The van der Waals surface area contributed by atoms with Crippen LogP contribution in [0.5, 0.6) is 11.5 Å². The van der Waals surface area contributed by atoms with Crippen LogP contribution in [0.3, 0.4) is 0 Å². The van der Waals surface area contributed by atoms with Crippen molar-refractivity contribution in [3.63, 3.8) is 0 Å². The van der Waals surface area contributed by atoms with Crippen LogP contribution < -0.4 is 14.8 Å². The van der Waals surface area contributed by atoms with Crippen molar-refractivity contribution in [2.75, 3.05) is 12.4 Å². The summed E-state index contributed by atoms with van der Waals surface area (Å²) in [5, 5.41) is 11.3. The maximum absolute atomic E-state index is 13.9. The molecule has 0 fully saturated rings. The highest BCUT2D eigenvalue weighted by Gasteiger charge is 2.14. The van der Waals surface area contributed by atoms with Gasteiger partial charge < -0.3 is 19.9 Å². The van der Waals surface area contributed by atoms with E-state index in [2.05, 4.69) is 5.32 Å². The van der Waals surface area contributed by atoms with Gasteiger partial charge >= 0.3 is 5.97 Å². The highest BCUT2D eigenvalue weighted by atomic mass is 19.1. The molecule has 0 aliphatic rings. The number of ether oxygens (including phenoxy) is 2. The first-order valence-electron chi connectivity index (χ1n) is 7.96. The number of carboxylic acids is 1. The predicted molar refractivity (Wildman–Crippen MR) is 94.5 cm³/mol. The first-order chi connectivity index (χ1) is 12.3. The number of nitrogens with one attached hydrogen (secondary N) is 1. The van der Waals surface area contributed by atoms with Gasteiger partial charge in [-0.2, -0.15) is 0 Å². The van der Waals surface area contributed by atoms with E-state index in [4.69, 9.17) is 14.6 Å². The van der Waals surface area contributed by atoms with E-state index in [1.54, 1.807) is 12.1 Å². The van der Waals surface area contributed by atoms with Gasteiger partial charge in [-0.1, -0.05) is 6.07 Å². The Balaban J connectivity index is 2.17. The molecule has 0 spiro atoms. The number of rotatable bonds is 7. The Hall–Kier alpha value is -3.09. The molecule has 138 valence electrons. The molecule has 0 aromatic heterocycles. The summed E-state index contributed by atoms with van der Waals surface area (Å²) in [6.45, 7) is 3.76. The monoisotopic (exact) mass is 361 g/mol. The quantitative estimate of drug-likeness (QED) is 0.788. The number of hydrogen-bond acceptors (Lipinski definition) is 4. The van der Waals surface area contributed by atoms with Crippen molar-refractivity contribution < 1.29 is 28.6 Å². The van der Waals surface area contributed by atoms with E-state index in [0.717, 1.165) is 6.07 Å². The molecule has 26 heavy (non-hydrogen) atoms. The minimum absolute atomic E-state index is 0.0455. The molecular weight excluding hydrogens is 341 g/mol. The van der Waals surface area contributed by atoms with Gasteiger partial charge in [-0.3, -0.25) is 9.59 Å². The van der Waals surface area contributed by atoms with Crippen LogP contribution in [0.25, 0.3) is 0 Å². The van der Waals surface area contributed by atoms with Crippen molar-refractivity contribution in [2.45, 2.75) is 26.4 Å². The van der Waals surface area contributed by atoms with Crippen LogP contribution in [-0.2, 0) is 11.2 Å². The summed E-state index contributed by atoms with van der Waals surface area (Å²) in [6.07, 6.45) is -0.468. The van der Waals surface area contributed by atoms with Gasteiger partial charge in [0, 0.05) is 11.3 Å². The van der Waals surface area contributed by atoms with Crippen LogP contribution in [0.15, 0.2) is 36.4 Å². The SMILES string of the molecule is COc1cc(C(=O)Nc2ccc(CC(=O)O)c(F)c2)ccc1OC(C)C. The lowest BCUT2D eigenvalue weighted by atomic mass is 10.1. The van der Waals surface area contributed by atoms with Crippen LogP contribution in [0, 0.1) is 5.82 Å². The van der Waals surface area contributed by atoms with Crippen molar-refractivity contribution in [2.24, 2.45) is 0 Å². The number of carbonyl (C=O) groups is 2. The molecular formula is C19H20FNO5. The van der Waals surface area contributed by atoms with Gasteiger partial charge in [0.15, 0.2) is 11.5 Å². The van der Waals surface area contributed by atoms with E-state index in [-0.39, 0.29) is 17.4 Å². The largest absolute Gasteiger partial charge is 0.493 e. The number of carbonyl (C=O) groups excluding carboxylic acids is 1. The Morgan fingerprint density at radius 3 is 2.46 bits per heavy atom. The Labute approximate surface area is 150 Å². The lowest BCUT2D eigenvalue weighted by Gasteiger charge is -2.14. The van der Waals surface area contributed by atoms with Crippen LogP contribution in [0.2, 0.25) is 0 Å². The molecule has 1 amide bonds. The number of aliphatic carboxylic acids is 1. The summed E-state index contributed by atoms with van der Waals surface area (Å²) >= 11 is 0. The zero-order valence-electron chi connectivity index (χ0n) is 14.7. The molecule has 2 N–H and O–H groups in total. The molecule has 0 saturated heterocycles. The summed E-state index contributed by atoms with van der Waals surface area (Å²) in [7, 11) is 1.47. The zero-order valence-corrected chi connectivity index (χ0v) is 14.7. The maximum atomic E-state index is 13.9. The minimum Gasteiger partial charge on any atom is -0.493 e. The molecule has 0 bridgehead atoms. The summed E-state index contributed by atoms with van der Waals surface area (Å²) in [4.78, 5) is 23.0. The molecule has 0 aliphatic heterocycles. The second-order valence-electron chi connectivity index (χ2n) is 5.86. The van der Waals surface area contributed by atoms with Gasteiger partial charge in [0.05, 0.1) is 19.6 Å². The van der Waals surface area contributed by atoms with Crippen molar-refractivity contribution in [3.8, 4) is 11.5 Å². The van der Waals surface area contributed by atoms with Crippen molar-refractivity contribution in [1.29, 1.82) is 0 Å². The van der Waals surface area contributed by atoms with Crippen LogP contribution in [0.4, 0.5) is 10.1 Å². The van der Waals surface area contributed by atoms with Gasteiger partial charge in [-0.05, 0) is 49.7 Å². The van der Waals surface area contributed by atoms with Gasteiger partial charge in [0.1, 0.15) is 5.82 Å². The Kier molecular flexibility index (Phi) is 6.16. The third-order valence-electron chi connectivity index (χ3n) is 3.44. The summed E-state index contributed by atoms with van der Waals surface area (Å²) in [5.74, 6) is -1.35. The van der Waals surface area contributed by atoms with E-state index in [1.807, 2.05) is 13.8 Å². The molecule has 0 radical (unpaired) electrons. The number of carboxylic acid groups (broad SMARTS) is 1. The standard InChI is InChI=1S/C19H20FNO5/c1-11(2)26-16-7-5-13(8-17(16)25-3)19(24)21-14-6-4-12(9-18(22)23)15(20)10-14/h4-8,10-11H,9H2,1-3H3,(H,21,24)(H,22,23). The van der Waals surface area contributed by atoms with Gasteiger partial charge in [0.2, 0.25) is 0 Å². The van der Waals surface area contributed by atoms with Crippen molar-refractivity contribution in [3.05, 3.63) is 53.3 Å². The number of hydrogen-bond donors (Lipinski definition) is 2. The van der Waals surface area contributed by atoms with Gasteiger partial charge in [0.25, 0.3) is 5.91 Å². The second kappa shape index (κ2) is 8.33. The van der Waals surface area contributed by atoms with Crippen LogP contribution in [0.1, 0.15) is 29.8 Å². The molecule has 2 rings (SSSR count). The molecule has 0 unspecified atom stereocenters. The van der Waals surface area contributed by atoms with Crippen LogP contribution >= 0.6 is 0 Å². The summed E-state index contributed by atoms with van der Waals surface area (Å²) < 4.78 is 24.7. The molecule has 0 heterocycles. The minimum atomic E-state index is -1.13. The average molecular weight is 361 g/mol. The second-order valence-corrected chi connectivity index (χ2v) is 5.86. The molecule has 0 aliphatic carbocycles. The first kappa shape index (κ1) is 19.2. The molecule has 0 atom stereocenters. The number of halogens is 1. The third kappa shape index (κ3) is 4.95. The number of amides is 1. The number of methoxy groups -OCH3 is 1. The van der Waals surface area contributed by atoms with Crippen molar-refractivity contribution >= 4 is 17.6 Å². The Morgan fingerprint density at radius 1 is 1.15 bits per heavy atom. The Morgan fingerprint density at radius 2 is 1.88 bits per heavy atom. The molecule has 2 aromatic rings. The maximum Gasteiger partial charge on any atom is 0.307 e. The predicted octanol–water partition coefficient (Wildman–Crippen LogP) is 3.50. The molecule has 7 heteroatoms. The van der Waals surface area contributed by atoms with E-state index < -0.39 is 24.1 Å². The van der Waals surface area contributed by atoms with Crippen molar-refractivity contribution in [1.82, 2.24) is 0 Å². The Bertz CT molecular complexity index is 820. The van der Waals surface area contributed by atoms with Crippen LogP contribution in [-0.4, -0.2) is 30.2 Å². The fraction of sp³-hybridized carbons (Fsp3) is 0.263. The summed E-state index contributed by atoms with van der Waals surface area (Å²) in [5.41, 5.74) is 0.587. The average Bonchev–Trinajstić information content (AvgIpc) is 2.56. The van der Waals surface area contributed by atoms with E-state index in [9.17, 15) is 14.0 Å². The van der Waals surface area contributed by atoms with Gasteiger partial charge in [-0.25, -0.2) is 4.39 Å². The highest BCUT2D eigenvalue weighted by Crippen LogP contribution is 2.29. The number of benzene rings is 2. The molecule has 0 saturated carbocycles. The topological polar surface area (TPSA) is 84.9 Å². The van der Waals surface area contributed by atoms with Gasteiger partial charge in [-0.15, -0.1) is 0 Å². The smallest absolute Gasteiger partial charge is 0.307 e. The fourth-order valence-electron chi connectivity index (χ4n) is 2.29. The normalized spacial score (nSPS) is 10.5. The highest BCUT2D eigenvalue weighted by molar-refractivity contribution is 6.04. The molecule has 6 nitrogen and oxygen atoms in total. The fourth-order valence-corrected chi connectivity index (χ4v) is 2.29. The number of anilines is 1. The van der Waals surface area contributed by atoms with E-state index in [1.165, 1.54) is 25.3 Å². The third-order valence-corrected chi connectivity index (χ3v) is 3.44. The first-order valence-corrected chi connectivity index (χ1v) is 7.96. The molecule has 2 aromatic carbocycles. The zero-order chi connectivity index (χ0) is 19.3. The lowest BCUT2D eigenvalue weighted by Crippen LogP contribution is -2.13. The lowest BCUT2D eigenvalue weighted by molar-refractivity contribution is -0.136. The van der Waals surface area contributed by atoms with E-state index in [0.29, 0.717) is 17.1 Å². The summed E-state index contributed by atoms with van der Waals surface area (Å²) in [6, 6.07) is 8.60.